The molecule has 234 valence electrons. The third-order valence-corrected chi connectivity index (χ3v) is 6.87. The Balaban J connectivity index is 1.27. The minimum Gasteiger partial charge on any atom is -0.493 e. The van der Waals surface area contributed by atoms with Crippen LogP contribution >= 0.6 is 0 Å². The highest BCUT2D eigenvalue weighted by Gasteiger charge is 2.25. The lowest BCUT2D eigenvalue weighted by Crippen LogP contribution is -2.49. The second-order valence-corrected chi connectivity index (χ2v) is 11.7. The smallest absolute Gasteiger partial charge is 0.214 e. The Hall–Kier alpha value is -3.79. The van der Waals surface area contributed by atoms with Gasteiger partial charge in [0.05, 0.1) is 30.6 Å². The second-order valence-electron chi connectivity index (χ2n) is 11.7. The molecule has 0 bridgehead atoms. The summed E-state index contributed by atoms with van der Waals surface area (Å²) < 4.78 is 17.6. The van der Waals surface area contributed by atoms with E-state index in [1.54, 1.807) is 20.8 Å². The highest BCUT2D eigenvalue weighted by atomic mass is 16.6. The maximum atomic E-state index is 10.2. The van der Waals surface area contributed by atoms with Gasteiger partial charge < -0.3 is 29.5 Å². The number of aromatic nitrogens is 1. The van der Waals surface area contributed by atoms with Crippen LogP contribution in [0.5, 0.6) is 11.6 Å². The number of nitrogens with zero attached hydrogens (tertiary/aromatic N) is 1. The van der Waals surface area contributed by atoms with Gasteiger partial charge in [-0.25, -0.2) is 4.98 Å². The monoisotopic (exact) mass is 600 g/mol. The van der Waals surface area contributed by atoms with Crippen LogP contribution in [0, 0.1) is 0 Å². The fourth-order valence-electron chi connectivity index (χ4n) is 4.73. The molecule has 0 aliphatic carbocycles. The van der Waals surface area contributed by atoms with Crippen molar-refractivity contribution in [2.45, 2.75) is 70.8 Å². The van der Waals surface area contributed by atoms with E-state index in [9.17, 15) is 15.3 Å². The fraction of sp³-hybridized carbons (Fsp3) is 0.361. The van der Waals surface area contributed by atoms with Crippen molar-refractivity contribution in [3.8, 4) is 34.0 Å². The molecule has 8 nitrogen and oxygen atoms in total. The SMILES string of the molecule is CC(C)(C)OC(O)NC(Cc1ccccc1OCCCCCOc1cc(-c2ccccc2)cc(-c2ccccc2)n1)C(O)O. The Kier molecular flexibility index (Phi) is 12.3. The standard InChI is InChI=1S/C36H44N2O6/c1-36(2,3)44-35(41)38-31(34(39)40)23-28-19-11-12-20-32(28)42-21-13-6-14-22-43-33-25-29(26-15-7-4-8-16-26)24-30(37-33)27-17-9-5-10-18-27/h4-5,7-12,15-20,24-25,31,34-35,38-41H,6,13-14,21-23H2,1-3H3. The number of pyridine rings is 1. The average Bonchev–Trinajstić information content (AvgIpc) is 3.00. The Morgan fingerprint density at radius 2 is 1.32 bits per heavy atom. The molecule has 0 amide bonds. The van der Waals surface area contributed by atoms with Gasteiger partial charge in [0.2, 0.25) is 12.3 Å². The third kappa shape index (κ3) is 10.7. The van der Waals surface area contributed by atoms with Gasteiger partial charge in [-0.3, -0.25) is 5.32 Å². The fourth-order valence-corrected chi connectivity index (χ4v) is 4.73. The first-order valence-electron chi connectivity index (χ1n) is 15.1. The molecular formula is C36H44N2O6. The zero-order valence-electron chi connectivity index (χ0n) is 25.7. The molecule has 2 atom stereocenters. The topological polar surface area (TPSA) is 113 Å². The zero-order valence-corrected chi connectivity index (χ0v) is 25.7. The summed E-state index contributed by atoms with van der Waals surface area (Å²) in [6.45, 7) is 6.46. The summed E-state index contributed by atoms with van der Waals surface area (Å²) in [6, 6.07) is 31.0. The van der Waals surface area contributed by atoms with E-state index in [1.165, 1.54) is 0 Å². The number of unbranched alkanes of at least 4 members (excludes halogenated alkanes) is 2. The van der Waals surface area contributed by atoms with Crippen molar-refractivity contribution >= 4 is 0 Å². The molecule has 2 unspecified atom stereocenters. The average molecular weight is 601 g/mol. The van der Waals surface area contributed by atoms with E-state index in [0.29, 0.717) is 24.8 Å². The molecule has 0 saturated heterocycles. The summed E-state index contributed by atoms with van der Waals surface area (Å²) >= 11 is 0. The summed E-state index contributed by atoms with van der Waals surface area (Å²) in [7, 11) is 0. The molecule has 1 heterocycles. The molecule has 0 radical (unpaired) electrons. The summed E-state index contributed by atoms with van der Waals surface area (Å²) in [5.74, 6) is 1.26. The number of rotatable bonds is 16. The van der Waals surface area contributed by atoms with Crippen molar-refractivity contribution in [1.29, 1.82) is 0 Å². The zero-order chi connectivity index (χ0) is 31.4. The van der Waals surface area contributed by atoms with E-state index < -0.39 is 24.3 Å². The van der Waals surface area contributed by atoms with Gasteiger partial charge in [0.15, 0.2) is 6.29 Å². The molecular weight excluding hydrogens is 556 g/mol. The van der Waals surface area contributed by atoms with Gasteiger partial charge in [-0.1, -0.05) is 78.9 Å². The Labute approximate surface area is 260 Å². The minimum atomic E-state index is -1.70. The van der Waals surface area contributed by atoms with Crippen LogP contribution in [0.1, 0.15) is 45.6 Å². The second kappa shape index (κ2) is 16.3. The molecule has 44 heavy (non-hydrogen) atoms. The Bertz CT molecular complexity index is 1350. The highest BCUT2D eigenvalue weighted by molar-refractivity contribution is 5.71. The van der Waals surface area contributed by atoms with Gasteiger partial charge in [-0.05, 0) is 75.3 Å². The van der Waals surface area contributed by atoms with Crippen LogP contribution in [0.15, 0.2) is 97.1 Å². The maximum absolute atomic E-state index is 10.2. The molecule has 8 heteroatoms. The molecule has 0 aliphatic heterocycles. The summed E-state index contributed by atoms with van der Waals surface area (Å²) in [6.07, 6.45) is -0.246. The van der Waals surface area contributed by atoms with Gasteiger partial charge in [-0.2, -0.15) is 0 Å². The lowest BCUT2D eigenvalue weighted by atomic mass is 10.0. The molecule has 0 saturated carbocycles. The van der Waals surface area contributed by atoms with E-state index in [1.807, 2.05) is 78.9 Å². The summed E-state index contributed by atoms with van der Waals surface area (Å²) in [5.41, 5.74) is 4.28. The lowest BCUT2D eigenvalue weighted by Gasteiger charge is -2.29. The first-order chi connectivity index (χ1) is 21.2. The van der Waals surface area contributed by atoms with Gasteiger partial charge in [0.1, 0.15) is 5.75 Å². The van der Waals surface area contributed by atoms with Crippen LogP contribution in [0.3, 0.4) is 0 Å². The molecule has 0 aliphatic rings. The predicted molar refractivity (Wildman–Crippen MR) is 172 cm³/mol. The number of hydrogen-bond donors (Lipinski definition) is 4. The van der Waals surface area contributed by atoms with E-state index in [4.69, 9.17) is 19.2 Å². The Morgan fingerprint density at radius 3 is 1.98 bits per heavy atom. The molecule has 4 N–H and O–H groups in total. The van der Waals surface area contributed by atoms with Crippen molar-refractivity contribution in [2.75, 3.05) is 13.2 Å². The minimum absolute atomic E-state index is 0.228. The molecule has 0 fully saturated rings. The number of benzene rings is 3. The van der Waals surface area contributed by atoms with Crippen LogP contribution in [0.2, 0.25) is 0 Å². The number of ether oxygens (including phenoxy) is 3. The quantitative estimate of drug-likeness (QED) is 0.0923. The number of aliphatic hydroxyl groups excluding tert-OH is 2. The predicted octanol–water partition coefficient (Wildman–Crippen LogP) is 5.95. The number of para-hydroxylation sites is 1. The maximum Gasteiger partial charge on any atom is 0.214 e. The van der Waals surface area contributed by atoms with Gasteiger partial charge in [0, 0.05) is 11.6 Å². The van der Waals surface area contributed by atoms with Crippen LogP contribution in [0.25, 0.3) is 22.4 Å². The Morgan fingerprint density at radius 1 is 0.705 bits per heavy atom. The molecule has 4 rings (SSSR count). The first kappa shape index (κ1) is 33.1. The lowest BCUT2D eigenvalue weighted by molar-refractivity contribution is -0.197. The third-order valence-electron chi connectivity index (χ3n) is 6.87. The van der Waals surface area contributed by atoms with Crippen LogP contribution in [-0.4, -0.2) is 57.9 Å². The van der Waals surface area contributed by atoms with E-state index >= 15 is 0 Å². The van der Waals surface area contributed by atoms with E-state index in [-0.39, 0.29) is 6.42 Å². The highest BCUT2D eigenvalue weighted by Crippen LogP contribution is 2.29. The van der Waals surface area contributed by atoms with Crippen molar-refractivity contribution in [2.24, 2.45) is 0 Å². The number of hydrogen-bond acceptors (Lipinski definition) is 8. The van der Waals surface area contributed by atoms with E-state index in [2.05, 4.69) is 23.5 Å². The summed E-state index contributed by atoms with van der Waals surface area (Å²) in [5, 5.41) is 32.7. The van der Waals surface area contributed by atoms with Crippen molar-refractivity contribution in [3.05, 3.63) is 103 Å². The number of aliphatic hydroxyl groups is 3. The largest absolute Gasteiger partial charge is 0.493 e. The molecule has 4 aromatic rings. The summed E-state index contributed by atoms with van der Waals surface area (Å²) in [4.78, 5) is 4.77. The molecule has 1 aromatic heterocycles. The normalized spacial score (nSPS) is 13.1. The van der Waals surface area contributed by atoms with Crippen LogP contribution < -0.4 is 14.8 Å². The van der Waals surface area contributed by atoms with Crippen LogP contribution in [-0.2, 0) is 11.2 Å². The van der Waals surface area contributed by atoms with Crippen molar-refractivity contribution < 1.29 is 29.5 Å². The molecule has 0 spiro atoms. The van der Waals surface area contributed by atoms with Gasteiger partial charge in [-0.15, -0.1) is 0 Å². The van der Waals surface area contributed by atoms with Gasteiger partial charge >= 0.3 is 0 Å². The van der Waals surface area contributed by atoms with Gasteiger partial charge in [0.25, 0.3) is 0 Å². The van der Waals surface area contributed by atoms with Crippen LogP contribution in [0.4, 0.5) is 0 Å². The van der Waals surface area contributed by atoms with E-state index in [0.717, 1.165) is 47.2 Å². The van der Waals surface area contributed by atoms with Crippen molar-refractivity contribution in [1.82, 2.24) is 10.3 Å². The molecule has 3 aromatic carbocycles. The van der Waals surface area contributed by atoms with Crippen molar-refractivity contribution in [3.63, 3.8) is 0 Å². The number of nitrogens with one attached hydrogen (secondary N) is 1. The first-order valence-corrected chi connectivity index (χ1v) is 15.1.